The Morgan fingerprint density at radius 3 is 2.58 bits per heavy atom. The first-order valence-electron chi connectivity index (χ1n) is 3.66. The maximum absolute atomic E-state index is 5.46. The summed E-state index contributed by atoms with van der Waals surface area (Å²) in [6, 6.07) is 5.95. The van der Waals surface area contributed by atoms with Gasteiger partial charge in [-0.3, -0.25) is 0 Å². The summed E-state index contributed by atoms with van der Waals surface area (Å²) < 4.78 is 1.03. The second-order valence-electron chi connectivity index (χ2n) is 2.74. The fraction of sp³-hybridized carbons (Fsp3) is 0.222. The molecule has 0 aliphatic heterocycles. The molecule has 0 aliphatic rings. The molecule has 0 saturated heterocycles. The van der Waals surface area contributed by atoms with Gasteiger partial charge in [0.15, 0.2) is 0 Å². The number of nitrogens with zero attached hydrogens (tertiary/aromatic N) is 1. The topological polar surface area (TPSA) is 38.4 Å². The number of amidine groups is 1. The Balaban J connectivity index is 3.09. The van der Waals surface area contributed by atoms with Gasteiger partial charge < -0.3 is 5.73 Å². The smallest absolute Gasteiger partial charge is 0.0964 e. The molecule has 64 valence electrons. The first-order chi connectivity index (χ1) is 5.58. The molecule has 1 aromatic carbocycles. The molecule has 0 fully saturated rings. The highest BCUT2D eigenvalue weighted by Crippen LogP contribution is 2.21. The van der Waals surface area contributed by atoms with Crippen molar-refractivity contribution in [1.29, 1.82) is 0 Å². The van der Waals surface area contributed by atoms with E-state index in [0.717, 1.165) is 10.2 Å². The summed E-state index contributed by atoms with van der Waals surface area (Å²) in [4.78, 5) is 4.15. The number of aryl methyl sites for hydroxylation is 1. The summed E-state index contributed by atoms with van der Waals surface area (Å²) in [6.07, 6.45) is 0. The number of hydrogen-bond acceptors (Lipinski definition) is 1. The van der Waals surface area contributed by atoms with Crippen LogP contribution in [0.4, 0.5) is 5.69 Å². The standard InChI is InChI=1S/C9H11BrN2/c1-6-3-8(10)5-9(4-6)12-7(2)11/h3-5H,1-2H3,(H2,11,12). The van der Waals surface area contributed by atoms with Crippen LogP contribution in [0.3, 0.4) is 0 Å². The highest BCUT2D eigenvalue weighted by molar-refractivity contribution is 9.10. The van der Waals surface area contributed by atoms with Crippen LogP contribution in [0.5, 0.6) is 0 Å². The van der Waals surface area contributed by atoms with Crippen LogP contribution in [0.2, 0.25) is 0 Å². The van der Waals surface area contributed by atoms with E-state index in [2.05, 4.69) is 20.9 Å². The fourth-order valence-electron chi connectivity index (χ4n) is 0.985. The zero-order valence-electron chi connectivity index (χ0n) is 7.13. The number of benzene rings is 1. The van der Waals surface area contributed by atoms with Crippen molar-refractivity contribution in [3.63, 3.8) is 0 Å². The van der Waals surface area contributed by atoms with Crippen molar-refractivity contribution in [1.82, 2.24) is 0 Å². The van der Waals surface area contributed by atoms with Crippen molar-refractivity contribution in [3.05, 3.63) is 28.2 Å². The molecule has 1 aromatic rings. The second kappa shape index (κ2) is 3.72. The molecule has 12 heavy (non-hydrogen) atoms. The van der Waals surface area contributed by atoms with E-state index in [1.807, 2.05) is 25.1 Å². The number of hydrogen-bond donors (Lipinski definition) is 1. The van der Waals surface area contributed by atoms with Gasteiger partial charge in [0.25, 0.3) is 0 Å². The maximum atomic E-state index is 5.46. The maximum Gasteiger partial charge on any atom is 0.0964 e. The summed E-state index contributed by atoms with van der Waals surface area (Å²) >= 11 is 3.39. The molecular formula is C9H11BrN2. The Labute approximate surface area is 80.6 Å². The minimum atomic E-state index is 0.576. The van der Waals surface area contributed by atoms with Crippen LogP contribution in [0.25, 0.3) is 0 Å². The molecule has 0 aliphatic carbocycles. The van der Waals surface area contributed by atoms with Gasteiger partial charge in [-0.1, -0.05) is 15.9 Å². The van der Waals surface area contributed by atoms with E-state index in [4.69, 9.17) is 5.73 Å². The third-order valence-electron chi connectivity index (χ3n) is 1.33. The molecular weight excluding hydrogens is 216 g/mol. The predicted octanol–water partition coefficient (Wildman–Crippen LogP) is 2.77. The average Bonchev–Trinajstić information content (AvgIpc) is 1.81. The molecule has 0 amide bonds. The highest BCUT2D eigenvalue weighted by atomic mass is 79.9. The average molecular weight is 227 g/mol. The van der Waals surface area contributed by atoms with Crippen molar-refractivity contribution in [2.75, 3.05) is 0 Å². The van der Waals surface area contributed by atoms with E-state index in [-0.39, 0.29) is 0 Å². The third kappa shape index (κ3) is 2.66. The molecule has 0 saturated carbocycles. The van der Waals surface area contributed by atoms with E-state index >= 15 is 0 Å². The summed E-state index contributed by atoms with van der Waals surface area (Å²) in [5.41, 5.74) is 7.52. The SMILES string of the molecule is CC(N)=Nc1cc(C)cc(Br)c1. The van der Waals surface area contributed by atoms with Crippen LogP contribution in [0.1, 0.15) is 12.5 Å². The molecule has 0 atom stereocenters. The van der Waals surface area contributed by atoms with E-state index in [1.165, 1.54) is 5.56 Å². The van der Waals surface area contributed by atoms with Crippen LogP contribution in [0, 0.1) is 6.92 Å². The minimum absolute atomic E-state index is 0.576. The summed E-state index contributed by atoms with van der Waals surface area (Å²) in [6.45, 7) is 3.80. The van der Waals surface area contributed by atoms with Gasteiger partial charge in [-0.2, -0.15) is 0 Å². The Morgan fingerprint density at radius 1 is 1.42 bits per heavy atom. The molecule has 0 aromatic heterocycles. The van der Waals surface area contributed by atoms with Crippen LogP contribution >= 0.6 is 15.9 Å². The molecule has 2 N–H and O–H groups in total. The number of aliphatic imine (C=N–C) groups is 1. The van der Waals surface area contributed by atoms with Crippen LogP contribution in [-0.4, -0.2) is 5.84 Å². The number of halogens is 1. The van der Waals surface area contributed by atoms with Crippen molar-refractivity contribution in [3.8, 4) is 0 Å². The minimum Gasteiger partial charge on any atom is -0.387 e. The molecule has 3 heteroatoms. The van der Waals surface area contributed by atoms with E-state index in [1.54, 1.807) is 6.92 Å². The summed E-state index contributed by atoms with van der Waals surface area (Å²) in [5.74, 6) is 0.576. The Bertz CT molecular complexity index is 294. The molecule has 1 rings (SSSR count). The van der Waals surface area contributed by atoms with E-state index in [9.17, 15) is 0 Å². The van der Waals surface area contributed by atoms with Gasteiger partial charge in [0.2, 0.25) is 0 Å². The van der Waals surface area contributed by atoms with E-state index < -0.39 is 0 Å². The Morgan fingerprint density at radius 2 is 2.08 bits per heavy atom. The fourth-order valence-corrected chi connectivity index (χ4v) is 1.58. The lowest BCUT2D eigenvalue weighted by molar-refractivity contribution is 1.39. The molecule has 0 unspecified atom stereocenters. The number of rotatable bonds is 1. The molecule has 0 spiro atoms. The zero-order valence-corrected chi connectivity index (χ0v) is 8.72. The number of nitrogens with two attached hydrogens (primary N) is 1. The largest absolute Gasteiger partial charge is 0.387 e. The molecule has 0 heterocycles. The van der Waals surface area contributed by atoms with Crippen molar-refractivity contribution in [2.45, 2.75) is 13.8 Å². The van der Waals surface area contributed by atoms with Crippen LogP contribution < -0.4 is 5.73 Å². The van der Waals surface area contributed by atoms with E-state index in [0.29, 0.717) is 5.84 Å². The molecule has 2 nitrogen and oxygen atoms in total. The van der Waals surface area contributed by atoms with Gasteiger partial charge in [0.05, 0.1) is 11.5 Å². The molecule has 0 radical (unpaired) electrons. The lowest BCUT2D eigenvalue weighted by Gasteiger charge is -1.98. The van der Waals surface area contributed by atoms with Gasteiger partial charge in [-0.05, 0) is 37.6 Å². The predicted molar refractivity (Wildman–Crippen MR) is 55.8 cm³/mol. The monoisotopic (exact) mass is 226 g/mol. The van der Waals surface area contributed by atoms with Gasteiger partial charge in [-0.15, -0.1) is 0 Å². The molecule has 0 bridgehead atoms. The van der Waals surface area contributed by atoms with Gasteiger partial charge in [-0.25, -0.2) is 4.99 Å². The normalized spacial score (nSPS) is 11.8. The van der Waals surface area contributed by atoms with Crippen molar-refractivity contribution < 1.29 is 0 Å². The third-order valence-corrected chi connectivity index (χ3v) is 1.79. The van der Waals surface area contributed by atoms with Crippen LogP contribution in [-0.2, 0) is 0 Å². The van der Waals surface area contributed by atoms with Gasteiger partial charge in [0, 0.05) is 4.47 Å². The van der Waals surface area contributed by atoms with Gasteiger partial charge in [0.1, 0.15) is 0 Å². The summed E-state index contributed by atoms with van der Waals surface area (Å²) in [7, 11) is 0. The van der Waals surface area contributed by atoms with Crippen molar-refractivity contribution >= 4 is 27.5 Å². The lowest BCUT2D eigenvalue weighted by Crippen LogP contribution is -2.03. The van der Waals surface area contributed by atoms with Crippen molar-refractivity contribution in [2.24, 2.45) is 10.7 Å². The Hall–Kier alpha value is -0.830. The Kier molecular flexibility index (Phi) is 2.87. The highest BCUT2D eigenvalue weighted by Gasteiger charge is 1.94. The van der Waals surface area contributed by atoms with Crippen LogP contribution in [0.15, 0.2) is 27.7 Å². The first kappa shape index (κ1) is 9.26. The summed E-state index contributed by atoms with van der Waals surface area (Å²) in [5, 5.41) is 0. The zero-order chi connectivity index (χ0) is 9.14. The first-order valence-corrected chi connectivity index (χ1v) is 4.45. The lowest BCUT2D eigenvalue weighted by atomic mass is 10.2. The van der Waals surface area contributed by atoms with Gasteiger partial charge >= 0.3 is 0 Å². The quantitative estimate of drug-likeness (QED) is 0.581. The second-order valence-corrected chi connectivity index (χ2v) is 3.66.